The highest BCUT2D eigenvalue weighted by molar-refractivity contribution is 8.11. The van der Waals surface area contributed by atoms with E-state index in [-0.39, 0.29) is 5.82 Å². The Labute approximate surface area is 69.3 Å². The Morgan fingerprint density at radius 3 is 2.82 bits per heavy atom. The van der Waals surface area contributed by atoms with Gasteiger partial charge in [-0.3, -0.25) is 0 Å². The van der Waals surface area contributed by atoms with Crippen LogP contribution in [0.3, 0.4) is 0 Å². The molecule has 0 aliphatic carbocycles. The third kappa shape index (κ3) is 2.35. The zero-order valence-corrected chi connectivity index (χ0v) is 6.94. The molecule has 11 heavy (non-hydrogen) atoms. The van der Waals surface area contributed by atoms with E-state index in [0.29, 0.717) is 5.69 Å². The summed E-state index contributed by atoms with van der Waals surface area (Å²) in [4.78, 5) is 3.89. The second kappa shape index (κ2) is 4.13. The maximum atomic E-state index is 12.8. The molecule has 0 atom stereocenters. The van der Waals surface area contributed by atoms with Crippen molar-refractivity contribution in [1.29, 1.82) is 0 Å². The van der Waals surface area contributed by atoms with Crippen LogP contribution < -0.4 is 0 Å². The largest absolute Gasteiger partial charge is 0.247 e. The molecule has 0 radical (unpaired) electrons. The lowest BCUT2D eigenvalue weighted by molar-refractivity contribution is 0.630. The first-order chi connectivity index (χ1) is 5.34. The zero-order valence-electron chi connectivity index (χ0n) is 6.12. The van der Waals surface area contributed by atoms with E-state index < -0.39 is 0 Å². The molecule has 3 heteroatoms. The summed E-state index contributed by atoms with van der Waals surface area (Å²) in [6.45, 7) is 0. The summed E-state index contributed by atoms with van der Waals surface area (Å²) in [5.74, 6) is -0.280. The van der Waals surface area contributed by atoms with Crippen molar-refractivity contribution in [1.82, 2.24) is 0 Å². The van der Waals surface area contributed by atoms with E-state index in [1.54, 1.807) is 23.7 Å². The van der Waals surface area contributed by atoms with E-state index in [0.717, 1.165) is 0 Å². The van der Waals surface area contributed by atoms with E-state index in [2.05, 4.69) is 4.99 Å². The van der Waals surface area contributed by atoms with E-state index in [9.17, 15) is 4.39 Å². The van der Waals surface area contributed by atoms with Crippen LogP contribution in [-0.4, -0.2) is 11.8 Å². The molecule has 1 nitrogen and oxygen atoms in total. The van der Waals surface area contributed by atoms with Crippen LogP contribution in [0.2, 0.25) is 0 Å². The lowest BCUT2D eigenvalue weighted by atomic mass is 10.3. The van der Waals surface area contributed by atoms with Crippen LogP contribution in [0, 0.1) is 5.82 Å². The summed E-state index contributed by atoms with van der Waals surface area (Å²) < 4.78 is 12.8. The minimum atomic E-state index is -0.280. The van der Waals surface area contributed by atoms with Crippen molar-refractivity contribution in [3.63, 3.8) is 0 Å². The normalized spacial score (nSPS) is 10.7. The number of hydrogen-bond acceptors (Lipinski definition) is 2. The Balaban J connectivity index is 2.86. The molecule has 0 fully saturated rings. The van der Waals surface area contributed by atoms with Gasteiger partial charge in [0.25, 0.3) is 0 Å². The highest BCUT2D eigenvalue weighted by Gasteiger charge is 1.94. The maximum Gasteiger partial charge on any atom is 0.148 e. The van der Waals surface area contributed by atoms with Crippen molar-refractivity contribution in [3.05, 3.63) is 30.1 Å². The van der Waals surface area contributed by atoms with Crippen molar-refractivity contribution in [2.75, 3.05) is 6.26 Å². The highest BCUT2D eigenvalue weighted by Crippen LogP contribution is 2.15. The van der Waals surface area contributed by atoms with Crippen LogP contribution in [0.1, 0.15) is 0 Å². The third-order valence-electron chi connectivity index (χ3n) is 1.15. The monoisotopic (exact) mass is 169 g/mol. The first-order valence-corrected chi connectivity index (χ1v) is 4.43. The summed E-state index contributed by atoms with van der Waals surface area (Å²) in [7, 11) is 0. The Bertz CT molecular complexity index is 260. The van der Waals surface area contributed by atoms with Gasteiger partial charge >= 0.3 is 0 Å². The molecule has 0 unspecified atom stereocenters. The fraction of sp³-hybridized carbons (Fsp3) is 0.125. The molecule has 1 aromatic carbocycles. The fourth-order valence-corrected chi connectivity index (χ4v) is 0.885. The number of halogens is 1. The Morgan fingerprint density at radius 1 is 1.45 bits per heavy atom. The number of benzene rings is 1. The minimum Gasteiger partial charge on any atom is -0.247 e. The Hall–Kier alpha value is -0.830. The Morgan fingerprint density at radius 2 is 2.18 bits per heavy atom. The number of para-hydroxylation sites is 1. The minimum absolute atomic E-state index is 0.280. The maximum absolute atomic E-state index is 12.8. The van der Waals surface area contributed by atoms with Gasteiger partial charge in [-0.1, -0.05) is 12.1 Å². The molecule has 0 spiro atoms. The average Bonchev–Trinajstić information content (AvgIpc) is 2.03. The lowest BCUT2D eigenvalue weighted by Gasteiger charge is -1.92. The van der Waals surface area contributed by atoms with Crippen LogP contribution >= 0.6 is 11.8 Å². The summed E-state index contributed by atoms with van der Waals surface area (Å²) >= 11 is 1.45. The van der Waals surface area contributed by atoms with E-state index in [1.807, 2.05) is 6.26 Å². The molecular weight excluding hydrogens is 161 g/mol. The molecule has 1 aromatic rings. The molecule has 0 N–H and O–H groups in total. The van der Waals surface area contributed by atoms with Crippen LogP contribution in [0.15, 0.2) is 29.3 Å². The van der Waals surface area contributed by atoms with Crippen molar-refractivity contribution in [2.45, 2.75) is 0 Å². The zero-order chi connectivity index (χ0) is 8.10. The topological polar surface area (TPSA) is 12.4 Å². The second-order valence-electron chi connectivity index (χ2n) is 1.92. The first-order valence-electron chi connectivity index (χ1n) is 3.14. The lowest BCUT2D eigenvalue weighted by Crippen LogP contribution is -1.73. The number of aliphatic imine (C=N–C) groups is 1. The molecule has 0 aliphatic rings. The summed E-state index contributed by atoms with van der Waals surface area (Å²) in [5, 5.41) is 0. The molecule has 0 bridgehead atoms. The molecule has 0 saturated carbocycles. The van der Waals surface area contributed by atoms with Gasteiger partial charge in [0, 0.05) is 0 Å². The van der Waals surface area contributed by atoms with Gasteiger partial charge in [-0.15, -0.1) is 11.8 Å². The summed E-state index contributed by atoms with van der Waals surface area (Å²) in [5.41, 5.74) is 2.00. The quantitative estimate of drug-likeness (QED) is 0.490. The van der Waals surface area contributed by atoms with Gasteiger partial charge in [0.15, 0.2) is 0 Å². The summed E-state index contributed by atoms with van der Waals surface area (Å²) in [6.07, 6.45) is 1.88. The predicted octanol–water partition coefficient (Wildman–Crippen LogP) is 2.85. The van der Waals surface area contributed by atoms with Crippen molar-refractivity contribution >= 4 is 23.0 Å². The standard InChI is InChI=1S/C8H8FNS/c1-11-6-10-8-5-3-2-4-7(8)9/h2-6H,1H3. The molecule has 0 amide bonds. The van der Waals surface area contributed by atoms with Gasteiger partial charge in [0.1, 0.15) is 5.82 Å². The van der Waals surface area contributed by atoms with Gasteiger partial charge in [-0.05, 0) is 18.4 Å². The van der Waals surface area contributed by atoms with Crippen LogP contribution in [0.5, 0.6) is 0 Å². The number of hydrogen-bond donors (Lipinski definition) is 0. The molecule has 0 heterocycles. The molecule has 58 valence electrons. The van der Waals surface area contributed by atoms with Crippen molar-refractivity contribution in [2.24, 2.45) is 4.99 Å². The average molecular weight is 169 g/mol. The van der Waals surface area contributed by atoms with Gasteiger partial charge in [0.2, 0.25) is 0 Å². The predicted molar refractivity (Wildman–Crippen MR) is 48.1 cm³/mol. The first kappa shape index (κ1) is 8.27. The number of thioether (sulfide) groups is 1. The van der Waals surface area contributed by atoms with E-state index in [4.69, 9.17) is 0 Å². The smallest absolute Gasteiger partial charge is 0.148 e. The molecule has 0 aliphatic heterocycles. The molecular formula is C8H8FNS. The van der Waals surface area contributed by atoms with Gasteiger partial charge < -0.3 is 0 Å². The third-order valence-corrected chi connectivity index (χ3v) is 1.47. The van der Waals surface area contributed by atoms with Gasteiger partial charge in [-0.25, -0.2) is 9.38 Å². The second-order valence-corrected chi connectivity index (χ2v) is 2.60. The molecule has 1 rings (SSSR count). The van der Waals surface area contributed by atoms with Gasteiger partial charge in [-0.2, -0.15) is 0 Å². The van der Waals surface area contributed by atoms with E-state index in [1.165, 1.54) is 17.8 Å². The summed E-state index contributed by atoms with van der Waals surface area (Å²) in [6, 6.07) is 6.44. The van der Waals surface area contributed by atoms with Crippen molar-refractivity contribution in [3.8, 4) is 0 Å². The SMILES string of the molecule is CSC=Nc1ccccc1F. The van der Waals surface area contributed by atoms with Crippen LogP contribution in [0.4, 0.5) is 10.1 Å². The number of nitrogens with zero attached hydrogens (tertiary/aromatic N) is 1. The van der Waals surface area contributed by atoms with E-state index >= 15 is 0 Å². The molecule has 0 aromatic heterocycles. The van der Waals surface area contributed by atoms with Crippen molar-refractivity contribution < 1.29 is 4.39 Å². The number of rotatable bonds is 2. The van der Waals surface area contributed by atoms with Gasteiger partial charge in [0.05, 0.1) is 11.2 Å². The fourth-order valence-electron chi connectivity index (χ4n) is 0.666. The van der Waals surface area contributed by atoms with Crippen LogP contribution in [-0.2, 0) is 0 Å². The van der Waals surface area contributed by atoms with Crippen LogP contribution in [0.25, 0.3) is 0 Å². The Kier molecular flexibility index (Phi) is 3.11. The molecule has 0 saturated heterocycles. The highest BCUT2D eigenvalue weighted by atomic mass is 32.2.